The van der Waals surface area contributed by atoms with Crippen molar-refractivity contribution in [2.75, 3.05) is 20.3 Å². The SMILES string of the molecule is CC1CC(N(C)C2CCOC2)C(N)c2ccccc21. The Bertz CT molecular complexity index is 442. The third-order valence-corrected chi connectivity index (χ3v) is 4.90. The van der Waals surface area contributed by atoms with Crippen LogP contribution in [-0.4, -0.2) is 37.2 Å². The highest BCUT2D eigenvalue weighted by molar-refractivity contribution is 5.36. The van der Waals surface area contributed by atoms with Gasteiger partial charge in [0.05, 0.1) is 6.61 Å². The van der Waals surface area contributed by atoms with E-state index < -0.39 is 0 Å². The van der Waals surface area contributed by atoms with E-state index in [0.717, 1.165) is 26.1 Å². The number of rotatable bonds is 2. The quantitative estimate of drug-likeness (QED) is 0.886. The van der Waals surface area contributed by atoms with E-state index in [1.807, 2.05) is 0 Å². The largest absolute Gasteiger partial charge is 0.380 e. The molecule has 1 saturated heterocycles. The van der Waals surface area contributed by atoms with Gasteiger partial charge in [-0.15, -0.1) is 0 Å². The second kappa shape index (κ2) is 5.23. The first-order chi connectivity index (χ1) is 9.18. The average molecular weight is 260 g/mol. The fourth-order valence-electron chi connectivity index (χ4n) is 3.64. The first-order valence-corrected chi connectivity index (χ1v) is 7.32. The number of hydrogen-bond acceptors (Lipinski definition) is 3. The smallest absolute Gasteiger partial charge is 0.0622 e. The van der Waals surface area contributed by atoms with Crippen LogP contribution in [0.1, 0.15) is 42.9 Å². The molecule has 0 saturated carbocycles. The standard InChI is InChI=1S/C16H24N2O/c1-11-9-15(18(2)12-7-8-19-10-12)16(17)14-6-4-3-5-13(11)14/h3-6,11-12,15-16H,7-10,17H2,1-2H3. The van der Waals surface area contributed by atoms with Crippen molar-refractivity contribution in [2.45, 2.75) is 43.8 Å². The number of nitrogens with two attached hydrogens (primary N) is 1. The highest BCUT2D eigenvalue weighted by Crippen LogP contribution is 2.39. The summed E-state index contributed by atoms with van der Waals surface area (Å²) in [7, 11) is 2.21. The van der Waals surface area contributed by atoms with Gasteiger partial charge in [0.15, 0.2) is 0 Å². The number of hydrogen-bond donors (Lipinski definition) is 1. The topological polar surface area (TPSA) is 38.5 Å². The fraction of sp³-hybridized carbons (Fsp3) is 0.625. The van der Waals surface area contributed by atoms with Crippen LogP contribution in [0.5, 0.6) is 0 Å². The third kappa shape index (κ3) is 2.31. The van der Waals surface area contributed by atoms with Crippen molar-refractivity contribution in [1.82, 2.24) is 4.90 Å². The van der Waals surface area contributed by atoms with Gasteiger partial charge in [0.2, 0.25) is 0 Å². The highest BCUT2D eigenvalue weighted by atomic mass is 16.5. The molecule has 3 heteroatoms. The van der Waals surface area contributed by atoms with Crippen LogP contribution >= 0.6 is 0 Å². The van der Waals surface area contributed by atoms with Crippen molar-refractivity contribution in [3.05, 3.63) is 35.4 Å². The van der Waals surface area contributed by atoms with Crippen molar-refractivity contribution in [1.29, 1.82) is 0 Å². The molecule has 1 aromatic carbocycles. The molecule has 1 aliphatic heterocycles. The third-order valence-electron chi connectivity index (χ3n) is 4.90. The number of likely N-dealkylation sites (N-methyl/N-ethyl adjacent to an activating group) is 1. The zero-order valence-electron chi connectivity index (χ0n) is 11.9. The predicted molar refractivity (Wildman–Crippen MR) is 77.2 cm³/mol. The van der Waals surface area contributed by atoms with Crippen LogP contribution in [0.3, 0.4) is 0 Å². The Hall–Kier alpha value is -0.900. The maximum Gasteiger partial charge on any atom is 0.0622 e. The molecule has 3 rings (SSSR count). The van der Waals surface area contributed by atoms with Gasteiger partial charge in [-0.3, -0.25) is 4.90 Å². The molecule has 4 atom stereocenters. The Morgan fingerprint density at radius 1 is 1.26 bits per heavy atom. The van der Waals surface area contributed by atoms with Crippen LogP contribution in [0, 0.1) is 0 Å². The van der Waals surface area contributed by atoms with E-state index in [9.17, 15) is 0 Å². The summed E-state index contributed by atoms with van der Waals surface area (Å²) >= 11 is 0. The Kier molecular flexibility index (Phi) is 3.61. The van der Waals surface area contributed by atoms with E-state index in [-0.39, 0.29) is 6.04 Å². The van der Waals surface area contributed by atoms with E-state index >= 15 is 0 Å². The van der Waals surface area contributed by atoms with Crippen LogP contribution in [0.15, 0.2) is 24.3 Å². The molecule has 1 fully saturated rings. The molecule has 0 bridgehead atoms. The van der Waals surface area contributed by atoms with E-state index in [2.05, 4.69) is 43.1 Å². The van der Waals surface area contributed by atoms with Crippen LogP contribution < -0.4 is 5.73 Å². The first kappa shape index (κ1) is 13.1. The minimum Gasteiger partial charge on any atom is -0.380 e. The van der Waals surface area contributed by atoms with Crippen molar-refractivity contribution in [3.8, 4) is 0 Å². The zero-order valence-corrected chi connectivity index (χ0v) is 11.9. The van der Waals surface area contributed by atoms with Crippen LogP contribution in [-0.2, 0) is 4.74 Å². The molecule has 0 radical (unpaired) electrons. The Labute approximate surface area is 115 Å². The van der Waals surface area contributed by atoms with Gasteiger partial charge in [-0.05, 0) is 36.9 Å². The molecule has 0 aromatic heterocycles. The summed E-state index contributed by atoms with van der Waals surface area (Å²) < 4.78 is 5.52. The molecule has 104 valence electrons. The average Bonchev–Trinajstić information content (AvgIpc) is 2.96. The van der Waals surface area contributed by atoms with Gasteiger partial charge in [0.25, 0.3) is 0 Å². The molecule has 1 aliphatic carbocycles. The second-order valence-corrected chi connectivity index (χ2v) is 6.04. The lowest BCUT2D eigenvalue weighted by Crippen LogP contribution is -2.48. The molecule has 0 spiro atoms. The molecule has 2 N–H and O–H groups in total. The number of benzene rings is 1. The summed E-state index contributed by atoms with van der Waals surface area (Å²) in [6, 6.07) is 9.74. The normalized spacial score (nSPS) is 34.5. The number of ether oxygens (including phenoxy) is 1. The minimum absolute atomic E-state index is 0.123. The Balaban J connectivity index is 1.85. The van der Waals surface area contributed by atoms with Gasteiger partial charge >= 0.3 is 0 Å². The first-order valence-electron chi connectivity index (χ1n) is 7.32. The van der Waals surface area contributed by atoms with Crippen LogP contribution in [0.4, 0.5) is 0 Å². The molecular weight excluding hydrogens is 236 g/mol. The Morgan fingerprint density at radius 3 is 2.68 bits per heavy atom. The lowest BCUT2D eigenvalue weighted by atomic mass is 9.77. The van der Waals surface area contributed by atoms with Gasteiger partial charge in [-0.2, -0.15) is 0 Å². The molecule has 2 aliphatic rings. The highest BCUT2D eigenvalue weighted by Gasteiger charge is 2.36. The van der Waals surface area contributed by atoms with E-state index in [4.69, 9.17) is 10.5 Å². The van der Waals surface area contributed by atoms with Crippen molar-refractivity contribution in [3.63, 3.8) is 0 Å². The molecule has 0 amide bonds. The van der Waals surface area contributed by atoms with Gasteiger partial charge in [0, 0.05) is 24.7 Å². The van der Waals surface area contributed by atoms with Gasteiger partial charge in [-0.25, -0.2) is 0 Å². The molecule has 19 heavy (non-hydrogen) atoms. The maximum absolute atomic E-state index is 6.54. The summed E-state index contributed by atoms with van der Waals surface area (Å²) in [6.07, 6.45) is 2.28. The summed E-state index contributed by atoms with van der Waals surface area (Å²) in [5.74, 6) is 0.589. The van der Waals surface area contributed by atoms with Gasteiger partial charge < -0.3 is 10.5 Å². The predicted octanol–water partition coefficient (Wildman–Crippen LogP) is 2.28. The number of fused-ring (bicyclic) bond motifs is 1. The van der Waals surface area contributed by atoms with Crippen molar-refractivity contribution in [2.24, 2.45) is 5.73 Å². The van der Waals surface area contributed by atoms with Gasteiger partial charge in [0.1, 0.15) is 0 Å². The molecule has 3 nitrogen and oxygen atoms in total. The fourth-order valence-corrected chi connectivity index (χ4v) is 3.64. The molecule has 4 unspecified atom stereocenters. The van der Waals surface area contributed by atoms with E-state index in [1.54, 1.807) is 0 Å². The van der Waals surface area contributed by atoms with E-state index in [0.29, 0.717) is 18.0 Å². The molecule has 1 heterocycles. The molecule has 1 aromatic rings. The molecular formula is C16H24N2O. The van der Waals surface area contributed by atoms with Crippen LogP contribution in [0.25, 0.3) is 0 Å². The Morgan fingerprint density at radius 2 is 2.00 bits per heavy atom. The zero-order chi connectivity index (χ0) is 13.4. The maximum atomic E-state index is 6.54. The van der Waals surface area contributed by atoms with Crippen molar-refractivity contribution < 1.29 is 4.74 Å². The summed E-state index contributed by atoms with van der Waals surface area (Å²) in [5, 5.41) is 0. The van der Waals surface area contributed by atoms with E-state index in [1.165, 1.54) is 11.1 Å². The van der Waals surface area contributed by atoms with Crippen molar-refractivity contribution >= 4 is 0 Å². The minimum atomic E-state index is 0.123. The summed E-state index contributed by atoms with van der Waals surface area (Å²) in [4.78, 5) is 2.46. The summed E-state index contributed by atoms with van der Waals surface area (Å²) in [6.45, 7) is 4.07. The lowest BCUT2D eigenvalue weighted by Gasteiger charge is -2.42. The van der Waals surface area contributed by atoms with Gasteiger partial charge in [-0.1, -0.05) is 31.2 Å². The monoisotopic (exact) mass is 260 g/mol. The lowest BCUT2D eigenvalue weighted by molar-refractivity contribution is 0.107. The van der Waals surface area contributed by atoms with Crippen LogP contribution in [0.2, 0.25) is 0 Å². The second-order valence-electron chi connectivity index (χ2n) is 6.04. The summed E-state index contributed by atoms with van der Waals surface area (Å²) in [5.41, 5.74) is 9.30. The number of nitrogens with zero attached hydrogens (tertiary/aromatic N) is 1.